The summed E-state index contributed by atoms with van der Waals surface area (Å²) in [6.45, 7) is 7.32. The summed E-state index contributed by atoms with van der Waals surface area (Å²) < 4.78 is 7.32. The van der Waals surface area contributed by atoms with Crippen molar-refractivity contribution < 1.29 is 29.6 Å². The number of aromatic hydroxyl groups is 1. The molecule has 0 unspecified atom stereocenters. The molecular weight excluding hydrogens is 553 g/mol. The van der Waals surface area contributed by atoms with Crippen molar-refractivity contribution in [1.82, 2.24) is 10.2 Å². The zero-order valence-corrected chi connectivity index (χ0v) is 21.0. The number of ether oxygens (including phenoxy) is 1. The van der Waals surface area contributed by atoms with Gasteiger partial charge in [0.25, 0.3) is 0 Å². The van der Waals surface area contributed by atoms with E-state index in [1.165, 1.54) is 14.8 Å². The minimum atomic E-state index is -1.82. The molecule has 184 valence electrons. The SMILES string of the molecule is O=C(O)C(=O)O.Oc1ccc2c(c1)O[C@@H](CNCCN1CCN(c3ccc(I)cc3)CC1)CC2. The number of carboxylic acid groups (broad SMARTS) is 2. The number of fused-ring (bicyclic) bond motifs is 1. The fraction of sp³-hybridized carbons (Fsp3) is 0.417. The lowest BCUT2D eigenvalue weighted by atomic mass is 10.0. The Morgan fingerprint density at radius 3 is 2.35 bits per heavy atom. The van der Waals surface area contributed by atoms with E-state index in [4.69, 9.17) is 24.5 Å². The Bertz CT molecular complexity index is 952. The molecule has 2 aromatic rings. The van der Waals surface area contributed by atoms with Crippen molar-refractivity contribution in [3.63, 3.8) is 0 Å². The number of halogens is 1. The van der Waals surface area contributed by atoms with Crippen molar-refractivity contribution >= 4 is 40.2 Å². The maximum atomic E-state index is 9.63. The van der Waals surface area contributed by atoms with Gasteiger partial charge >= 0.3 is 11.9 Å². The third-order valence-electron chi connectivity index (χ3n) is 5.80. The van der Waals surface area contributed by atoms with E-state index < -0.39 is 11.9 Å². The first-order chi connectivity index (χ1) is 16.3. The quantitative estimate of drug-likeness (QED) is 0.231. The van der Waals surface area contributed by atoms with Crippen LogP contribution in [0.2, 0.25) is 0 Å². The molecule has 4 rings (SSSR count). The molecule has 0 radical (unpaired) electrons. The van der Waals surface area contributed by atoms with Gasteiger partial charge < -0.3 is 30.3 Å². The predicted molar refractivity (Wildman–Crippen MR) is 137 cm³/mol. The maximum Gasteiger partial charge on any atom is 0.414 e. The molecule has 0 spiro atoms. The number of anilines is 1. The molecule has 34 heavy (non-hydrogen) atoms. The smallest absolute Gasteiger partial charge is 0.414 e. The molecule has 0 aromatic heterocycles. The minimum Gasteiger partial charge on any atom is -0.508 e. The molecule has 2 heterocycles. The topological polar surface area (TPSA) is 123 Å². The second kappa shape index (κ2) is 12.8. The van der Waals surface area contributed by atoms with E-state index >= 15 is 0 Å². The van der Waals surface area contributed by atoms with Crippen LogP contribution in [0.5, 0.6) is 11.5 Å². The first-order valence-electron chi connectivity index (χ1n) is 11.2. The largest absolute Gasteiger partial charge is 0.508 e. The molecule has 1 fully saturated rings. The number of hydrogen-bond donors (Lipinski definition) is 4. The highest BCUT2D eigenvalue weighted by atomic mass is 127. The van der Waals surface area contributed by atoms with Crippen LogP contribution < -0.4 is 15.0 Å². The van der Waals surface area contributed by atoms with Crippen LogP contribution in [0.1, 0.15) is 12.0 Å². The van der Waals surface area contributed by atoms with E-state index in [0.717, 1.165) is 64.4 Å². The minimum absolute atomic E-state index is 0.187. The molecule has 0 amide bonds. The van der Waals surface area contributed by atoms with Crippen LogP contribution in [-0.2, 0) is 16.0 Å². The lowest BCUT2D eigenvalue weighted by Crippen LogP contribution is -2.48. The molecule has 2 aliphatic heterocycles. The van der Waals surface area contributed by atoms with Crippen molar-refractivity contribution in [2.24, 2.45) is 0 Å². The van der Waals surface area contributed by atoms with E-state index in [1.807, 2.05) is 6.07 Å². The first kappa shape index (κ1) is 26.0. The highest BCUT2D eigenvalue weighted by Gasteiger charge is 2.20. The van der Waals surface area contributed by atoms with Crippen LogP contribution >= 0.6 is 22.6 Å². The van der Waals surface area contributed by atoms with Gasteiger partial charge in [0.1, 0.15) is 17.6 Å². The molecule has 0 saturated carbocycles. The van der Waals surface area contributed by atoms with Crippen molar-refractivity contribution in [3.05, 3.63) is 51.6 Å². The second-order valence-electron chi connectivity index (χ2n) is 8.19. The average Bonchev–Trinajstić information content (AvgIpc) is 2.83. The molecule has 1 saturated heterocycles. The third-order valence-corrected chi connectivity index (χ3v) is 6.52. The number of phenolic OH excluding ortho intramolecular Hbond substituents is 1. The lowest BCUT2D eigenvalue weighted by Gasteiger charge is -2.36. The van der Waals surface area contributed by atoms with Gasteiger partial charge in [0, 0.05) is 61.1 Å². The number of nitrogens with one attached hydrogen (secondary N) is 1. The molecule has 2 aliphatic rings. The molecule has 0 aliphatic carbocycles. The maximum absolute atomic E-state index is 9.63. The van der Waals surface area contributed by atoms with Gasteiger partial charge in [0.05, 0.1) is 0 Å². The highest BCUT2D eigenvalue weighted by Crippen LogP contribution is 2.30. The predicted octanol–water partition coefficient (Wildman–Crippen LogP) is 2.26. The Labute approximate surface area is 212 Å². The first-order valence-corrected chi connectivity index (χ1v) is 12.3. The van der Waals surface area contributed by atoms with E-state index in [2.05, 4.69) is 62.0 Å². The summed E-state index contributed by atoms with van der Waals surface area (Å²) in [7, 11) is 0. The van der Waals surface area contributed by atoms with Crippen LogP contribution in [0.25, 0.3) is 0 Å². The number of carboxylic acids is 2. The molecule has 9 nitrogen and oxygen atoms in total. The van der Waals surface area contributed by atoms with Crippen molar-refractivity contribution in [2.75, 3.05) is 50.7 Å². The van der Waals surface area contributed by atoms with Crippen LogP contribution in [0, 0.1) is 3.57 Å². The summed E-state index contributed by atoms with van der Waals surface area (Å²) in [5.74, 6) is -2.54. The number of nitrogens with zero attached hydrogens (tertiary/aromatic N) is 2. The highest BCUT2D eigenvalue weighted by molar-refractivity contribution is 14.1. The summed E-state index contributed by atoms with van der Waals surface area (Å²) >= 11 is 2.35. The Morgan fingerprint density at radius 2 is 1.71 bits per heavy atom. The van der Waals surface area contributed by atoms with Gasteiger partial charge in [-0.25, -0.2) is 9.59 Å². The van der Waals surface area contributed by atoms with Crippen LogP contribution in [0.4, 0.5) is 5.69 Å². The fourth-order valence-corrected chi connectivity index (χ4v) is 4.30. The molecule has 0 bridgehead atoms. The van der Waals surface area contributed by atoms with Gasteiger partial charge in [-0.3, -0.25) is 4.90 Å². The summed E-state index contributed by atoms with van der Waals surface area (Å²) in [6.07, 6.45) is 2.23. The van der Waals surface area contributed by atoms with Crippen molar-refractivity contribution in [2.45, 2.75) is 18.9 Å². The van der Waals surface area contributed by atoms with E-state index in [0.29, 0.717) is 0 Å². The lowest BCUT2D eigenvalue weighted by molar-refractivity contribution is -0.159. The summed E-state index contributed by atoms with van der Waals surface area (Å²) in [5.41, 5.74) is 2.53. The van der Waals surface area contributed by atoms with Gasteiger partial charge in [-0.15, -0.1) is 0 Å². The Balaban J connectivity index is 0.000000481. The second-order valence-corrected chi connectivity index (χ2v) is 9.44. The third kappa shape index (κ3) is 8.03. The van der Waals surface area contributed by atoms with Gasteiger partial charge in [-0.2, -0.15) is 0 Å². The summed E-state index contributed by atoms with van der Waals surface area (Å²) in [5, 5.41) is 28.0. The Hall–Kier alpha value is -2.57. The number of piperazine rings is 1. The zero-order valence-electron chi connectivity index (χ0n) is 18.8. The van der Waals surface area contributed by atoms with Crippen LogP contribution in [-0.4, -0.2) is 84.1 Å². The van der Waals surface area contributed by atoms with Crippen molar-refractivity contribution in [1.29, 1.82) is 0 Å². The number of rotatable bonds is 6. The monoisotopic (exact) mass is 583 g/mol. The molecule has 4 N–H and O–H groups in total. The van der Waals surface area contributed by atoms with Gasteiger partial charge in [0.15, 0.2) is 0 Å². The summed E-state index contributed by atoms with van der Waals surface area (Å²) in [6, 6.07) is 14.2. The molecule has 2 aromatic carbocycles. The Kier molecular flexibility index (Phi) is 9.78. The number of aryl methyl sites for hydroxylation is 1. The molecule has 1 atom stereocenters. The average molecular weight is 583 g/mol. The molecular formula is C24H30IN3O6. The van der Waals surface area contributed by atoms with Crippen molar-refractivity contribution in [3.8, 4) is 11.5 Å². The zero-order chi connectivity index (χ0) is 24.5. The summed E-state index contributed by atoms with van der Waals surface area (Å²) in [4.78, 5) is 23.2. The van der Waals surface area contributed by atoms with E-state index in [9.17, 15) is 5.11 Å². The standard InChI is InChI=1S/C22H28IN3O2.C2H2O4/c23-18-3-5-19(6-4-18)26-13-11-25(12-14-26)10-9-24-16-21-8-2-17-1-7-20(27)15-22(17)28-21;3-1(4)2(5)6/h1,3-7,15,21,24,27H,2,8-14,16H2;(H,3,4)(H,5,6)/t21-;/m1./s1. The van der Waals surface area contributed by atoms with E-state index in [-0.39, 0.29) is 11.9 Å². The number of aliphatic carboxylic acids is 2. The Morgan fingerprint density at radius 1 is 1.03 bits per heavy atom. The number of phenols is 1. The van der Waals surface area contributed by atoms with Crippen LogP contribution in [0.15, 0.2) is 42.5 Å². The fourth-order valence-electron chi connectivity index (χ4n) is 3.94. The number of carbonyl (C=O) groups is 2. The van der Waals surface area contributed by atoms with E-state index in [1.54, 1.807) is 12.1 Å². The van der Waals surface area contributed by atoms with Gasteiger partial charge in [-0.05, 0) is 71.3 Å². The number of hydrogen-bond acceptors (Lipinski definition) is 7. The van der Waals surface area contributed by atoms with Crippen LogP contribution in [0.3, 0.4) is 0 Å². The normalized spacial score (nSPS) is 17.7. The van der Waals surface area contributed by atoms with Gasteiger partial charge in [0.2, 0.25) is 0 Å². The molecule has 10 heteroatoms. The van der Waals surface area contributed by atoms with Gasteiger partial charge in [-0.1, -0.05) is 6.07 Å². The number of benzene rings is 2.